The highest BCUT2D eigenvalue weighted by Crippen LogP contribution is 2.32. The molecule has 7 heteroatoms. The van der Waals surface area contributed by atoms with E-state index >= 15 is 0 Å². The van der Waals surface area contributed by atoms with Gasteiger partial charge in [-0.25, -0.2) is 0 Å². The number of nitrogens with zero attached hydrogens (tertiary/aromatic N) is 3. The first-order valence-corrected chi connectivity index (χ1v) is 11.1. The molecule has 2 aromatic rings. The van der Waals surface area contributed by atoms with E-state index in [9.17, 15) is 4.79 Å². The summed E-state index contributed by atoms with van der Waals surface area (Å²) in [5, 5.41) is 0.604. The van der Waals surface area contributed by atoms with Gasteiger partial charge in [0.25, 0.3) is 0 Å². The van der Waals surface area contributed by atoms with Gasteiger partial charge >= 0.3 is 0 Å². The molecule has 0 saturated carbocycles. The number of ether oxygens (including phenoxy) is 2. The zero-order chi connectivity index (χ0) is 20.9. The number of anilines is 1. The summed E-state index contributed by atoms with van der Waals surface area (Å²) in [5.74, 6) is 0.893. The van der Waals surface area contributed by atoms with Gasteiger partial charge in [-0.05, 0) is 25.1 Å². The molecule has 1 aromatic carbocycles. The number of aryl methyl sites for hydroxylation is 1. The summed E-state index contributed by atoms with van der Waals surface area (Å²) in [6.07, 6.45) is 1.88. The molecule has 7 nitrogen and oxygen atoms in total. The van der Waals surface area contributed by atoms with Crippen molar-refractivity contribution in [3.63, 3.8) is 0 Å². The van der Waals surface area contributed by atoms with E-state index in [-0.39, 0.29) is 5.43 Å². The van der Waals surface area contributed by atoms with E-state index in [1.165, 1.54) is 0 Å². The Morgan fingerprint density at radius 2 is 1.83 bits per heavy atom. The molecule has 2 fully saturated rings. The number of rotatable bonds is 7. The molecule has 0 unspecified atom stereocenters. The van der Waals surface area contributed by atoms with E-state index in [1.54, 1.807) is 0 Å². The van der Waals surface area contributed by atoms with Crippen molar-refractivity contribution in [2.45, 2.75) is 19.8 Å². The minimum Gasteiger partial charge on any atom is -0.484 e. The lowest BCUT2D eigenvalue weighted by Crippen LogP contribution is -2.45. The van der Waals surface area contributed by atoms with Gasteiger partial charge in [0.2, 0.25) is 17.1 Å². The molecule has 164 valence electrons. The number of hydrogen-bond acceptors (Lipinski definition) is 7. The number of benzene rings is 1. The Balaban J connectivity index is 1.62. The minimum absolute atomic E-state index is 0.0749. The fourth-order valence-corrected chi connectivity index (χ4v) is 4.16. The predicted octanol–water partition coefficient (Wildman–Crippen LogP) is 2.21. The van der Waals surface area contributed by atoms with Crippen molar-refractivity contribution in [1.29, 1.82) is 0 Å². The molecule has 0 spiro atoms. The molecule has 0 aliphatic carbocycles. The third-order valence-electron chi connectivity index (χ3n) is 6.01. The minimum atomic E-state index is -0.0749. The van der Waals surface area contributed by atoms with Crippen LogP contribution in [0.1, 0.15) is 18.9 Å². The van der Waals surface area contributed by atoms with Gasteiger partial charge in [0.05, 0.1) is 18.6 Å². The quantitative estimate of drug-likeness (QED) is 0.687. The monoisotopic (exact) mass is 415 g/mol. The molecule has 30 heavy (non-hydrogen) atoms. The van der Waals surface area contributed by atoms with E-state index in [0.717, 1.165) is 51.1 Å². The molecule has 0 atom stereocenters. The highest BCUT2D eigenvalue weighted by Gasteiger charge is 2.24. The van der Waals surface area contributed by atoms with Crippen molar-refractivity contribution in [3.05, 3.63) is 34.0 Å². The second-order valence-corrected chi connectivity index (χ2v) is 8.20. The van der Waals surface area contributed by atoms with Crippen LogP contribution in [0.25, 0.3) is 11.0 Å². The Labute approximate surface area is 178 Å². The number of likely N-dealkylation sites (N-methyl/N-ethyl adjacent to an activating group) is 1. The zero-order valence-corrected chi connectivity index (χ0v) is 18.2. The second kappa shape index (κ2) is 9.81. The van der Waals surface area contributed by atoms with Crippen LogP contribution in [0, 0.1) is 0 Å². The molecule has 3 heterocycles. The normalized spacial score (nSPS) is 18.8. The maximum absolute atomic E-state index is 13.4. The second-order valence-electron chi connectivity index (χ2n) is 8.20. The number of morpholine rings is 1. The third kappa shape index (κ3) is 4.63. The molecule has 1 aromatic heterocycles. The van der Waals surface area contributed by atoms with Gasteiger partial charge < -0.3 is 23.7 Å². The predicted molar refractivity (Wildman–Crippen MR) is 119 cm³/mol. The summed E-state index contributed by atoms with van der Waals surface area (Å²) < 4.78 is 18.0. The van der Waals surface area contributed by atoms with Gasteiger partial charge in [-0.15, -0.1) is 0 Å². The van der Waals surface area contributed by atoms with Crippen molar-refractivity contribution in [1.82, 2.24) is 9.80 Å². The van der Waals surface area contributed by atoms with Crippen LogP contribution in [0.5, 0.6) is 5.75 Å². The van der Waals surface area contributed by atoms with Crippen LogP contribution in [-0.2, 0) is 11.2 Å². The van der Waals surface area contributed by atoms with Crippen LogP contribution in [0.3, 0.4) is 0 Å². The summed E-state index contributed by atoms with van der Waals surface area (Å²) in [5.41, 5.74) is 1.69. The lowest BCUT2D eigenvalue weighted by Gasteiger charge is -2.32. The average molecular weight is 416 g/mol. The van der Waals surface area contributed by atoms with Crippen LogP contribution in [0.4, 0.5) is 5.88 Å². The topological polar surface area (TPSA) is 58.4 Å². The van der Waals surface area contributed by atoms with Crippen molar-refractivity contribution in [3.8, 4) is 5.75 Å². The molecule has 4 rings (SSSR count). The molecule has 0 radical (unpaired) electrons. The number of fused-ring (bicyclic) bond motifs is 1. The lowest BCUT2D eigenvalue weighted by atomic mass is 10.1. The number of para-hydroxylation sites is 1. The molecular weight excluding hydrogens is 382 g/mol. The molecule has 2 aliphatic heterocycles. The van der Waals surface area contributed by atoms with Crippen LogP contribution in [0.2, 0.25) is 0 Å². The Morgan fingerprint density at radius 1 is 1.07 bits per heavy atom. The Hall–Kier alpha value is -2.09. The summed E-state index contributed by atoms with van der Waals surface area (Å²) in [7, 11) is 2.15. The highest BCUT2D eigenvalue weighted by molar-refractivity contribution is 5.83. The first-order chi connectivity index (χ1) is 14.7. The standard InChI is InChI=1S/C23H33N3O4/c1-3-5-18-6-4-7-19-20(27)22(29-17-12-25-10-8-24(2)9-11-25)23(30-21(18)19)26-13-15-28-16-14-26/h4,6-7H,3,5,8-17H2,1-2H3. The van der Waals surface area contributed by atoms with E-state index in [0.29, 0.717) is 55.5 Å². The van der Waals surface area contributed by atoms with E-state index in [4.69, 9.17) is 13.9 Å². The van der Waals surface area contributed by atoms with Crippen molar-refractivity contribution in [2.75, 3.05) is 77.6 Å². The van der Waals surface area contributed by atoms with Gasteiger partial charge in [0.15, 0.2) is 0 Å². The van der Waals surface area contributed by atoms with E-state index < -0.39 is 0 Å². The lowest BCUT2D eigenvalue weighted by molar-refractivity contribution is 0.119. The Bertz CT molecular complexity index is 899. The molecule has 2 aliphatic rings. The molecular formula is C23H33N3O4. The highest BCUT2D eigenvalue weighted by atomic mass is 16.5. The Kier molecular flexibility index (Phi) is 6.92. The molecule has 0 amide bonds. The van der Waals surface area contributed by atoms with Crippen LogP contribution < -0.4 is 15.1 Å². The van der Waals surface area contributed by atoms with Crippen LogP contribution in [0.15, 0.2) is 27.4 Å². The summed E-state index contributed by atoms with van der Waals surface area (Å²) in [4.78, 5) is 20.2. The van der Waals surface area contributed by atoms with Gasteiger partial charge in [-0.2, -0.15) is 0 Å². The molecule has 2 saturated heterocycles. The van der Waals surface area contributed by atoms with Crippen LogP contribution >= 0.6 is 0 Å². The molecule has 0 bridgehead atoms. The van der Waals surface area contributed by atoms with E-state index in [2.05, 4.69) is 28.7 Å². The van der Waals surface area contributed by atoms with Crippen molar-refractivity contribution in [2.24, 2.45) is 0 Å². The smallest absolute Gasteiger partial charge is 0.243 e. The van der Waals surface area contributed by atoms with Gasteiger partial charge in [-0.3, -0.25) is 9.69 Å². The van der Waals surface area contributed by atoms with Crippen LogP contribution in [-0.4, -0.2) is 82.5 Å². The summed E-state index contributed by atoms with van der Waals surface area (Å²) in [6.45, 7) is 10.3. The summed E-state index contributed by atoms with van der Waals surface area (Å²) in [6, 6.07) is 5.83. The molecule has 0 N–H and O–H groups in total. The van der Waals surface area contributed by atoms with Gasteiger partial charge in [0.1, 0.15) is 12.2 Å². The number of piperazine rings is 1. The largest absolute Gasteiger partial charge is 0.484 e. The van der Waals surface area contributed by atoms with Crippen molar-refractivity contribution < 1.29 is 13.9 Å². The maximum atomic E-state index is 13.4. The summed E-state index contributed by atoms with van der Waals surface area (Å²) >= 11 is 0. The Morgan fingerprint density at radius 3 is 2.57 bits per heavy atom. The first-order valence-electron chi connectivity index (χ1n) is 11.1. The fourth-order valence-electron chi connectivity index (χ4n) is 4.16. The SMILES string of the molecule is CCCc1cccc2c(=O)c(OCCN3CCN(C)CC3)c(N3CCOCC3)oc12. The first kappa shape index (κ1) is 21.2. The average Bonchev–Trinajstić information content (AvgIpc) is 2.77. The van der Waals surface area contributed by atoms with Gasteiger partial charge in [0, 0.05) is 45.8 Å². The third-order valence-corrected chi connectivity index (χ3v) is 6.01. The van der Waals surface area contributed by atoms with Crippen molar-refractivity contribution >= 4 is 16.9 Å². The fraction of sp³-hybridized carbons (Fsp3) is 0.609. The maximum Gasteiger partial charge on any atom is 0.243 e. The van der Waals surface area contributed by atoms with Gasteiger partial charge in [-0.1, -0.05) is 25.5 Å². The van der Waals surface area contributed by atoms with E-state index in [1.807, 2.05) is 18.2 Å². The number of hydrogen-bond donors (Lipinski definition) is 0. The zero-order valence-electron chi connectivity index (χ0n) is 18.2.